The van der Waals surface area contributed by atoms with E-state index < -0.39 is 0 Å². The Morgan fingerprint density at radius 1 is 1.40 bits per heavy atom. The van der Waals surface area contributed by atoms with Gasteiger partial charge in [0.15, 0.2) is 5.75 Å². The largest absolute Gasteiger partial charge is 0.493 e. The standard InChI is InChI=1S/C16H27N3O/c1-4-9-17-15(14-11-7-5-6-8-12(11)14)16-13(20-3)10-18-19(16)2/h10-12,14-15,17H,4-9H2,1-3H3. The lowest BCUT2D eigenvalue weighted by molar-refractivity contribution is 0.372. The van der Waals surface area contributed by atoms with Gasteiger partial charge in [-0.05, 0) is 43.6 Å². The zero-order chi connectivity index (χ0) is 14.1. The minimum atomic E-state index is 0.408. The third-order valence-corrected chi connectivity index (χ3v) is 5.19. The van der Waals surface area contributed by atoms with Crippen molar-refractivity contribution in [3.63, 3.8) is 0 Å². The average molecular weight is 277 g/mol. The second-order valence-electron chi connectivity index (χ2n) is 6.34. The zero-order valence-electron chi connectivity index (χ0n) is 12.9. The average Bonchev–Trinajstić information content (AvgIpc) is 3.08. The highest BCUT2D eigenvalue weighted by Crippen LogP contribution is 2.60. The molecule has 2 aliphatic carbocycles. The smallest absolute Gasteiger partial charge is 0.161 e. The third kappa shape index (κ3) is 2.34. The van der Waals surface area contributed by atoms with Crippen molar-refractivity contribution in [1.82, 2.24) is 15.1 Å². The Hall–Kier alpha value is -1.03. The Morgan fingerprint density at radius 2 is 2.10 bits per heavy atom. The molecule has 0 amide bonds. The number of rotatable bonds is 6. The number of hydrogen-bond acceptors (Lipinski definition) is 3. The second kappa shape index (κ2) is 5.76. The van der Waals surface area contributed by atoms with Crippen LogP contribution in [0.5, 0.6) is 5.75 Å². The van der Waals surface area contributed by atoms with Gasteiger partial charge in [0.05, 0.1) is 25.0 Å². The maximum atomic E-state index is 5.54. The summed E-state index contributed by atoms with van der Waals surface area (Å²) in [5.41, 5.74) is 1.24. The normalized spacial score (nSPS) is 29.9. The van der Waals surface area contributed by atoms with Gasteiger partial charge < -0.3 is 10.1 Å². The van der Waals surface area contributed by atoms with E-state index in [2.05, 4.69) is 17.3 Å². The van der Waals surface area contributed by atoms with Gasteiger partial charge in [-0.2, -0.15) is 5.10 Å². The van der Waals surface area contributed by atoms with Crippen LogP contribution in [0, 0.1) is 17.8 Å². The molecule has 3 atom stereocenters. The van der Waals surface area contributed by atoms with Gasteiger partial charge >= 0.3 is 0 Å². The molecule has 2 aliphatic rings. The molecule has 1 aromatic heterocycles. The summed E-state index contributed by atoms with van der Waals surface area (Å²) in [6.07, 6.45) is 8.68. The monoisotopic (exact) mass is 277 g/mol. The molecule has 0 saturated heterocycles. The summed E-state index contributed by atoms with van der Waals surface area (Å²) in [6, 6.07) is 0.408. The quantitative estimate of drug-likeness (QED) is 0.869. The number of fused-ring (bicyclic) bond motifs is 1. The molecule has 2 saturated carbocycles. The van der Waals surface area contributed by atoms with Crippen molar-refractivity contribution in [2.45, 2.75) is 45.1 Å². The first kappa shape index (κ1) is 13.9. The lowest BCUT2D eigenvalue weighted by Gasteiger charge is -2.20. The van der Waals surface area contributed by atoms with Crippen molar-refractivity contribution < 1.29 is 4.74 Å². The molecule has 1 aromatic rings. The highest BCUT2D eigenvalue weighted by Gasteiger charge is 2.55. The summed E-state index contributed by atoms with van der Waals surface area (Å²) in [6.45, 7) is 3.29. The first-order chi connectivity index (χ1) is 9.77. The number of aryl methyl sites for hydroxylation is 1. The van der Waals surface area contributed by atoms with Crippen molar-refractivity contribution in [1.29, 1.82) is 0 Å². The van der Waals surface area contributed by atoms with Gasteiger partial charge in [0.25, 0.3) is 0 Å². The molecule has 4 heteroatoms. The maximum absolute atomic E-state index is 5.54. The highest BCUT2D eigenvalue weighted by atomic mass is 16.5. The minimum Gasteiger partial charge on any atom is -0.493 e. The summed E-state index contributed by atoms with van der Waals surface area (Å²) in [5, 5.41) is 8.16. The Morgan fingerprint density at radius 3 is 2.70 bits per heavy atom. The second-order valence-corrected chi connectivity index (χ2v) is 6.34. The summed E-state index contributed by atoms with van der Waals surface area (Å²) in [4.78, 5) is 0. The Kier molecular flexibility index (Phi) is 4.01. The first-order valence-corrected chi connectivity index (χ1v) is 8.07. The Balaban J connectivity index is 1.84. The van der Waals surface area contributed by atoms with Gasteiger partial charge in [0, 0.05) is 7.05 Å². The molecule has 112 valence electrons. The van der Waals surface area contributed by atoms with Crippen molar-refractivity contribution in [2.24, 2.45) is 24.8 Å². The van der Waals surface area contributed by atoms with E-state index in [9.17, 15) is 0 Å². The molecule has 3 unspecified atom stereocenters. The van der Waals surface area contributed by atoms with Gasteiger partial charge in [0.1, 0.15) is 0 Å². The molecule has 1 N–H and O–H groups in total. The molecule has 4 nitrogen and oxygen atoms in total. The van der Waals surface area contributed by atoms with E-state index in [-0.39, 0.29) is 0 Å². The predicted octanol–water partition coefficient (Wildman–Crippen LogP) is 2.91. The number of methoxy groups -OCH3 is 1. The lowest BCUT2D eigenvalue weighted by Crippen LogP contribution is -2.27. The van der Waals surface area contributed by atoms with Crippen LogP contribution in [0.4, 0.5) is 0 Å². The predicted molar refractivity (Wildman–Crippen MR) is 79.7 cm³/mol. The molecule has 0 aromatic carbocycles. The molecule has 0 radical (unpaired) electrons. The van der Waals surface area contributed by atoms with Gasteiger partial charge in [-0.1, -0.05) is 19.8 Å². The van der Waals surface area contributed by atoms with E-state index >= 15 is 0 Å². The zero-order valence-corrected chi connectivity index (χ0v) is 12.9. The van der Waals surface area contributed by atoms with Gasteiger partial charge in [0.2, 0.25) is 0 Å². The first-order valence-electron chi connectivity index (χ1n) is 8.07. The fourth-order valence-electron chi connectivity index (χ4n) is 4.20. The molecule has 3 rings (SSSR count). The summed E-state index contributed by atoms with van der Waals surface area (Å²) in [7, 11) is 3.78. The minimum absolute atomic E-state index is 0.408. The Labute approximate surface area is 121 Å². The van der Waals surface area contributed by atoms with Crippen molar-refractivity contribution >= 4 is 0 Å². The number of hydrogen-bond donors (Lipinski definition) is 1. The molecule has 0 spiro atoms. The van der Waals surface area contributed by atoms with Crippen LogP contribution in [-0.2, 0) is 7.05 Å². The maximum Gasteiger partial charge on any atom is 0.161 e. The molecule has 1 heterocycles. The summed E-state index contributed by atoms with van der Waals surface area (Å²) < 4.78 is 7.53. The van der Waals surface area contributed by atoms with E-state index in [1.807, 2.05) is 17.9 Å². The van der Waals surface area contributed by atoms with E-state index in [1.54, 1.807) is 7.11 Å². The molecule has 0 bridgehead atoms. The van der Waals surface area contributed by atoms with Gasteiger partial charge in [-0.15, -0.1) is 0 Å². The highest BCUT2D eigenvalue weighted by molar-refractivity contribution is 5.31. The number of ether oxygens (including phenoxy) is 1. The van der Waals surface area contributed by atoms with E-state index in [4.69, 9.17) is 4.74 Å². The van der Waals surface area contributed by atoms with Crippen LogP contribution in [-0.4, -0.2) is 23.4 Å². The van der Waals surface area contributed by atoms with Crippen LogP contribution >= 0.6 is 0 Å². The number of aromatic nitrogens is 2. The molecular formula is C16H27N3O. The van der Waals surface area contributed by atoms with Crippen LogP contribution in [0.1, 0.15) is 50.8 Å². The molecule has 0 aliphatic heterocycles. The molecular weight excluding hydrogens is 250 g/mol. The van der Waals surface area contributed by atoms with Crippen LogP contribution in [0.25, 0.3) is 0 Å². The van der Waals surface area contributed by atoms with Crippen LogP contribution in [0.15, 0.2) is 6.20 Å². The van der Waals surface area contributed by atoms with Crippen LogP contribution in [0.3, 0.4) is 0 Å². The number of nitrogens with one attached hydrogen (secondary N) is 1. The Bertz CT molecular complexity index is 445. The van der Waals surface area contributed by atoms with E-state index in [0.29, 0.717) is 6.04 Å². The molecule has 2 fully saturated rings. The number of nitrogens with zero attached hydrogens (tertiary/aromatic N) is 2. The van der Waals surface area contributed by atoms with Crippen molar-refractivity contribution in [3.05, 3.63) is 11.9 Å². The van der Waals surface area contributed by atoms with Crippen molar-refractivity contribution in [2.75, 3.05) is 13.7 Å². The van der Waals surface area contributed by atoms with E-state index in [0.717, 1.165) is 30.0 Å². The van der Waals surface area contributed by atoms with Gasteiger partial charge in [-0.25, -0.2) is 0 Å². The van der Waals surface area contributed by atoms with Crippen LogP contribution in [0.2, 0.25) is 0 Å². The SMILES string of the molecule is CCCNC(c1c(OC)cnn1C)C1C2CCCCC21. The summed E-state index contributed by atoms with van der Waals surface area (Å²) >= 11 is 0. The van der Waals surface area contributed by atoms with Gasteiger partial charge in [-0.3, -0.25) is 4.68 Å². The molecule has 20 heavy (non-hydrogen) atoms. The fourth-order valence-corrected chi connectivity index (χ4v) is 4.20. The van der Waals surface area contributed by atoms with E-state index in [1.165, 1.54) is 37.8 Å². The fraction of sp³-hybridized carbons (Fsp3) is 0.812. The lowest BCUT2D eigenvalue weighted by atomic mass is 10.0. The van der Waals surface area contributed by atoms with Crippen molar-refractivity contribution in [3.8, 4) is 5.75 Å². The van der Waals surface area contributed by atoms with Crippen LogP contribution < -0.4 is 10.1 Å². The topological polar surface area (TPSA) is 39.1 Å². The third-order valence-electron chi connectivity index (χ3n) is 5.19. The summed E-state index contributed by atoms with van der Waals surface area (Å²) in [5.74, 6) is 3.58.